The largest absolute Gasteiger partial charge is 0.318 e. The maximum absolute atomic E-state index is 12.1. The van der Waals surface area contributed by atoms with Crippen molar-refractivity contribution in [3.8, 4) is 0 Å². The standard InChI is InChI=1S/C19H21IN2O2/c1-12-11-14(20)7-10-16(12)22-18(24)17(23)21-15-8-5-13(6-9-15)19(2,3)4/h5-11H,1-4H3,(H,21,23)(H,22,24). The number of nitrogens with one attached hydrogen (secondary N) is 2. The molecule has 2 aromatic carbocycles. The Hall–Kier alpha value is -1.89. The summed E-state index contributed by atoms with van der Waals surface area (Å²) < 4.78 is 1.08. The molecule has 2 rings (SSSR count). The predicted molar refractivity (Wildman–Crippen MR) is 106 cm³/mol. The van der Waals surface area contributed by atoms with E-state index in [9.17, 15) is 9.59 Å². The van der Waals surface area contributed by atoms with Gasteiger partial charge in [-0.25, -0.2) is 0 Å². The summed E-state index contributed by atoms with van der Waals surface area (Å²) in [6.07, 6.45) is 0. The molecular weight excluding hydrogens is 415 g/mol. The van der Waals surface area contributed by atoms with Crippen LogP contribution in [0, 0.1) is 10.5 Å². The van der Waals surface area contributed by atoms with Crippen molar-refractivity contribution in [2.75, 3.05) is 10.6 Å². The first-order chi connectivity index (χ1) is 11.2. The molecule has 0 atom stereocenters. The Labute approximate surface area is 156 Å². The van der Waals surface area contributed by atoms with Crippen LogP contribution in [0.2, 0.25) is 0 Å². The zero-order valence-corrected chi connectivity index (χ0v) is 16.4. The van der Waals surface area contributed by atoms with Gasteiger partial charge in [0.15, 0.2) is 0 Å². The van der Waals surface area contributed by atoms with Gasteiger partial charge >= 0.3 is 11.8 Å². The van der Waals surface area contributed by atoms with Gasteiger partial charge in [0.05, 0.1) is 0 Å². The third-order valence-corrected chi connectivity index (χ3v) is 4.32. The number of amides is 2. The highest BCUT2D eigenvalue weighted by Crippen LogP contribution is 2.23. The lowest BCUT2D eigenvalue weighted by atomic mass is 9.87. The Morgan fingerprint density at radius 3 is 2.04 bits per heavy atom. The van der Waals surface area contributed by atoms with Crippen molar-refractivity contribution in [1.82, 2.24) is 0 Å². The Morgan fingerprint density at radius 1 is 0.917 bits per heavy atom. The minimum Gasteiger partial charge on any atom is -0.318 e. The minimum atomic E-state index is -0.684. The maximum atomic E-state index is 12.1. The Morgan fingerprint density at radius 2 is 1.50 bits per heavy atom. The fourth-order valence-corrected chi connectivity index (χ4v) is 2.83. The number of aryl methyl sites for hydroxylation is 1. The lowest BCUT2D eigenvalue weighted by molar-refractivity contribution is -0.133. The van der Waals surface area contributed by atoms with Crippen molar-refractivity contribution in [2.45, 2.75) is 33.1 Å². The van der Waals surface area contributed by atoms with E-state index in [0.29, 0.717) is 11.4 Å². The highest BCUT2D eigenvalue weighted by atomic mass is 127. The second kappa shape index (κ2) is 7.34. The number of carbonyl (C=O) groups is 2. The number of benzene rings is 2. The highest BCUT2D eigenvalue weighted by Gasteiger charge is 2.16. The van der Waals surface area contributed by atoms with Gasteiger partial charge in [-0.3, -0.25) is 9.59 Å². The second-order valence-electron chi connectivity index (χ2n) is 6.69. The molecule has 126 valence electrons. The Kier molecular flexibility index (Phi) is 5.64. The van der Waals surface area contributed by atoms with Crippen molar-refractivity contribution in [3.63, 3.8) is 0 Å². The minimum absolute atomic E-state index is 0.0439. The van der Waals surface area contributed by atoms with Gasteiger partial charge in [0.1, 0.15) is 0 Å². The molecule has 0 fully saturated rings. The van der Waals surface area contributed by atoms with Crippen LogP contribution in [0.25, 0.3) is 0 Å². The van der Waals surface area contributed by atoms with Gasteiger partial charge in [0.2, 0.25) is 0 Å². The van der Waals surface area contributed by atoms with Crippen LogP contribution in [-0.4, -0.2) is 11.8 Å². The van der Waals surface area contributed by atoms with Crippen LogP contribution >= 0.6 is 22.6 Å². The topological polar surface area (TPSA) is 58.2 Å². The van der Waals surface area contributed by atoms with Crippen molar-refractivity contribution >= 4 is 45.8 Å². The van der Waals surface area contributed by atoms with Gasteiger partial charge in [0.25, 0.3) is 0 Å². The summed E-state index contributed by atoms with van der Waals surface area (Å²) in [5.41, 5.74) is 3.36. The number of anilines is 2. The zero-order chi connectivity index (χ0) is 17.9. The van der Waals surface area contributed by atoms with Gasteiger partial charge < -0.3 is 10.6 Å². The van der Waals surface area contributed by atoms with Crippen molar-refractivity contribution in [2.24, 2.45) is 0 Å². The molecule has 2 N–H and O–H groups in total. The number of carbonyl (C=O) groups excluding carboxylic acids is 2. The fraction of sp³-hybridized carbons (Fsp3) is 0.263. The van der Waals surface area contributed by atoms with E-state index in [1.165, 1.54) is 5.56 Å². The number of hydrogen-bond donors (Lipinski definition) is 2. The first-order valence-electron chi connectivity index (χ1n) is 7.66. The normalized spacial score (nSPS) is 11.0. The van der Waals surface area contributed by atoms with E-state index in [0.717, 1.165) is 9.13 Å². The molecule has 4 nitrogen and oxygen atoms in total. The van der Waals surface area contributed by atoms with Crippen LogP contribution in [-0.2, 0) is 15.0 Å². The first kappa shape index (κ1) is 18.4. The summed E-state index contributed by atoms with van der Waals surface area (Å²) in [6, 6.07) is 13.1. The van der Waals surface area contributed by atoms with Gasteiger partial charge in [0, 0.05) is 14.9 Å². The molecule has 0 aromatic heterocycles. The van der Waals surface area contributed by atoms with Crippen molar-refractivity contribution in [3.05, 3.63) is 57.2 Å². The van der Waals surface area contributed by atoms with E-state index in [4.69, 9.17) is 0 Å². The first-order valence-corrected chi connectivity index (χ1v) is 8.74. The van der Waals surface area contributed by atoms with E-state index < -0.39 is 11.8 Å². The third-order valence-electron chi connectivity index (χ3n) is 3.65. The third kappa shape index (κ3) is 4.80. The van der Waals surface area contributed by atoms with Crippen LogP contribution in [0.1, 0.15) is 31.9 Å². The van der Waals surface area contributed by atoms with E-state index in [-0.39, 0.29) is 5.41 Å². The fourth-order valence-electron chi connectivity index (χ4n) is 2.19. The molecule has 0 aliphatic rings. The lowest BCUT2D eigenvalue weighted by Gasteiger charge is -2.19. The summed E-state index contributed by atoms with van der Waals surface area (Å²) in [5, 5.41) is 5.26. The van der Waals surface area contributed by atoms with Gasteiger partial charge in [-0.2, -0.15) is 0 Å². The molecule has 0 bridgehead atoms. The number of halogens is 1. The average Bonchev–Trinajstić information content (AvgIpc) is 2.49. The highest BCUT2D eigenvalue weighted by molar-refractivity contribution is 14.1. The van der Waals surface area contributed by atoms with Crippen molar-refractivity contribution in [1.29, 1.82) is 0 Å². The Balaban J connectivity index is 2.02. The molecule has 2 amide bonds. The molecule has 2 aromatic rings. The molecule has 5 heteroatoms. The zero-order valence-electron chi connectivity index (χ0n) is 14.2. The smallest absolute Gasteiger partial charge is 0.314 e. The second-order valence-corrected chi connectivity index (χ2v) is 7.94. The SMILES string of the molecule is Cc1cc(I)ccc1NC(=O)C(=O)Nc1ccc(C(C)(C)C)cc1. The molecular formula is C19H21IN2O2. The summed E-state index contributed by atoms with van der Waals surface area (Å²) in [6.45, 7) is 8.26. The monoisotopic (exact) mass is 436 g/mol. The van der Waals surface area contributed by atoms with Gasteiger partial charge in [-0.05, 0) is 76.4 Å². The molecule has 0 spiro atoms. The van der Waals surface area contributed by atoms with Crippen LogP contribution in [0.15, 0.2) is 42.5 Å². The van der Waals surface area contributed by atoms with E-state index in [2.05, 4.69) is 54.0 Å². The summed E-state index contributed by atoms with van der Waals surface area (Å²) >= 11 is 2.20. The van der Waals surface area contributed by atoms with Gasteiger partial charge in [-0.15, -0.1) is 0 Å². The van der Waals surface area contributed by atoms with E-state index >= 15 is 0 Å². The number of rotatable bonds is 2. The lowest BCUT2D eigenvalue weighted by Crippen LogP contribution is -2.29. The molecule has 0 saturated carbocycles. The summed E-state index contributed by atoms with van der Waals surface area (Å²) in [4.78, 5) is 24.1. The van der Waals surface area contributed by atoms with Crippen LogP contribution < -0.4 is 10.6 Å². The average molecular weight is 436 g/mol. The maximum Gasteiger partial charge on any atom is 0.314 e. The molecule has 0 saturated heterocycles. The molecule has 0 aliphatic carbocycles. The summed E-state index contributed by atoms with van der Waals surface area (Å²) in [7, 11) is 0. The van der Waals surface area contributed by atoms with Crippen LogP contribution in [0.5, 0.6) is 0 Å². The molecule has 24 heavy (non-hydrogen) atoms. The van der Waals surface area contributed by atoms with Crippen molar-refractivity contribution < 1.29 is 9.59 Å². The summed E-state index contributed by atoms with van der Waals surface area (Å²) in [5.74, 6) is -1.37. The molecule has 0 unspecified atom stereocenters. The van der Waals surface area contributed by atoms with E-state index in [1.807, 2.05) is 43.3 Å². The van der Waals surface area contributed by atoms with Crippen LogP contribution in [0.3, 0.4) is 0 Å². The molecule has 0 aliphatic heterocycles. The van der Waals surface area contributed by atoms with Gasteiger partial charge in [-0.1, -0.05) is 32.9 Å². The molecule has 0 radical (unpaired) electrons. The van der Waals surface area contributed by atoms with Crippen LogP contribution in [0.4, 0.5) is 11.4 Å². The van der Waals surface area contributed by atoms with E-state index in [1.54, 1.807) is 6.07 Å². The quantitative estimate of drug-likeness (QED) is 0.539. The Bertz CT molecular complexity index is 762. The number of hydrogen-bond acceptors (Lipinski definition) is 2. The predicted octanol–water partition coefficient (Wildman–Crippen LogP) is 4.47. The molecule has 0 heterocycles.